The van der Waals surface area contributed by atoms with E-state index in [0.717, 1.165) is 12.8 Å². The molecule has 1 atom stereocenters. The Morgan fingerprint density at radius 1 is 1.32 bits per heavy atom. The number of halogens is 3. The summed E-state index contributed by atoms with van der Waals surface area (Å²) in [6.07, 6.45) is -1.02. The van der Waals surface area contributed by atoms with E-state index in [1.165, 1.54) is 28.6 Å². The average Bonchev–Trinajstić information content (AvgIpc) is 2.45. The van der Waals surface area contributed by atoms with Crippen LogP contribution in [0.3, 0.4) is 0 Å². The molecule has 126 valence electrons. The van der Waals surface area contributed by atoms with Crippen molar-refractivity contribution in [2.45, 2.75) is 30.2 Å². The van der Waals surface area contributed by atoms with Gasteiger partial charge in [-0.15, -0.1) is 12.4 Å². The van der Waals surface area contributed by atoms with E-state index in [0.29, 0.717) is 13.1 Å². The van der Waals surface area contributed by atoms with Crippen LogP contribution in [0, 0.1) is 0 Å². The zero-order valence-electron chi connectivity index (χ0n) is 11.8. The van der Waals surface area contributed by atoms with Crippen molar-refractivity contribution in [1.29, 1.82) is 0 Å². The highest BCUT2D eigenvalue weighted by Gasteiger charge is 2.28. The van der Waals surface area contributed by atoms with Crippen molar-refractivity contribution in [3.05, 3.63) is 24.3 Å². The number of ether oxygens (including phenoxy) is 1. The first-order valence-corrected chi connectivity index (χ1v) is 8.10. The number of hydrogen-bond acceptors (Lipinski definition) is 4. The van der Waals surface area contributed by atoms with E-state index in [4.69, 9.17) is 10.5 Å². The maximum atomic E-state index is 12.4. The number of rotatable bonds is 5. The number of benzene rings is 1. The maximum absolute atomic E-state index is 12.4. The Bertz CT molecular complexity index is 569. The molecule has 1 aliphatic heterocycles. The van der Waals surface area contributed by atoms with E-state index in [-0.39, 0.29) is 29.1 Å². The zero-order chi connectivity index (χ0) is 15.5. The molecule has 0 amide bonds. The molecule has 2 rings (SSSR count). The normalized spacial score (nSPS) is 19.7. The topological polar surface area (TPSA) is 72.6 Å². The third kappa shape index (κ3) is 4.77. The molecular weight excluding hydrogens is 338 g/mol. The van der Waals surface area contributed by atoms with Gasteiger partial charge in [0.05, 0.1) is 4.90 Å². The lowest BCUT2D eigenvalue weighted by atomic mass is 10.1. The molecule has 5 nitrogen and oxygen atoms in total. The van der Waals surface area contributed by atoms with Crippen LogP contribution in [-0.4, -0.2) is 44.9 Å². The quantitative estimate of drug-likeness (QED) is 0.874. The fourth-order valence-corrected chi connectivity index (χ4v) is 3.74. The van der Waals surface area contributed by atoms with Gasteiger partial charge in [-0.05, 0) is 37.1 Å². The molecule has 0 radical (unpaired) electrons. The summed E-state index contributed by atoms with van der Waals surface area (Å²) < 4.78 is 55.1. The summed E-state index contributed by atoms with van der Waals surface area (Å²) in [6.45, 7) is 0.0265. The molecule has 1 aromatic rings. The van der Waals surface area contributed by atoms with Crippen LogP contribution in [0.1, 0.15) is 12.8 Å². The molecule has 1 heterocycles. The van der Waals surface area contributed by atoms with Crippen molar-refractivity contribution >= 4 is 22.4 Å². The molecule has 22 heavy (non-hydrogen) atoms. The Kier molecular flexibility index (Phi) is 6.98. The maximum Gasteiger partial charge on any atom is 0.272 e. The van der Waals surface area contributed by atoms with Gasteiger partial charge in [-0.3, -0.25) is 0 Å². The second-order valence-electron chi connectivity index (χ2n) is 4.94. The van der Waals surface area contributed by atoms with Crippen LogP contribution in [0.4, 0.5) is 8.78 Å². The summed E-state index contributed by atoms with van der Waals surface area (Å²) in [6, 6.07) is 5.31. The highest BCUT2D eigenvalue weighted by molar-refractivity contribution is 7.89. The van der Waals surface area contributed by atoms with E-state index in [1.807, 2.05) is 0 Å². The molecule has 1 aromatic carbocycles. The summed E-state index contributed by atoms with van der Waals surface area (Å²) >= 11 is 0. The molecule has 1 fully saturated rings. The number of nitrogens with zero attached hydrogens (tertiary/aromatic N) is 1. The van der Waals surface area contributed by atoms with Gasteiger partial charge in [-0.25, -0.2) is 17.2 Å². The van der Waals surface area contributed by atoms with Crippen LogP contribution in [-0.2, 0) is 10.0 Å². The monoisotopic (exact) mass is 356 g/mol. The fourth-order valence-electron chi connectivity index (χ4n) is 2.21. The number of hydrogen-bond donors (Lipinski definition) is 1. The van der Waals surface area contributed by atoms with Gasteiger partial charge >= 0.3 is 0 Å². The highest BCUT2D eigenvalue weighted by Crippen LogP contribution is 2.22. The van der Waals surface area contributed by atoms with Gasteiger partial charge in [-0.2, -0.15) is 4.31 Å². The van der Waals surface area contributed by atoms with Crippen molar-refractivity contribution in [3.8, 4) is 5.75 Å². The van der Waals surface area contributed by atoms with Crippen molar-refractivity contribution < 1.29 is 21.9 Å². The van der Waals surface area contributed by atoms with E-state index < -0.39 is 23.1 Å². The van der Waals surface area contributed by atoms with Gasteiger partial charge in [0, 0.05) is 19.1 Å². The number of sulfonamides is 1. The Balaban J connectivity index is 0.00000242. The van der Waals surface area contributed by atoms with Gasteiger partial charge < -0.3 is 10.5 Å². The second-order valence-corrected chi connectivity index (χ2v) is 6.88. The zero-order valence-corrected chi connectivity index (χ0v) is 13.5. The molecule has 9 heteroatoms. The minimum atomic E-state index is -3.59. The average molecular weight is 357 g/mol. The summed E-state index contributed by atoms with van der Waals surface area (Å²) in [5.74, 6) is 0.213. The summed E-state index contributed by atoms with van der Waals surface area (Å²) in [5, 5.41) is 0. The minimum Gasteiger partial charge on any atom is -0.488 e. The summed E-state index contributed by atoms with van der Waals surface area (Å²) in [4.78, 5) is 0.112. The van der Waals surface area contributed by atoms with Gasteiger partial charge in [0.15, 0.2) is 0 Å². The van der Waals surface area contributed by atoms with Crippen molar-refractivity contribution in [1.82, 2.24) is 4.31 Å². The highest BCUT2D eigenvalue weighted by atomic mass is 35.5. The minimum absolute atomic E-state index is 0. The van der Waals surface area contributed by atoms with Gasteiger partial charge in [0.1, 0.15) is 12.4 Å². The number of nitrogens with two attached hydrogens (primary N) is 1. The van der Waals surface area contributed by atoms with Crippen LogP contribution in [0.25, 0.3) is 0 Å². The van der Waals surface area contributed by atoms with Crippen LogP contribution in [0.5, 0.6) is 5.75 Å². The molecule has 1 aliphatic rings. The first kappa shape index (κ1) is 19.1. The van der Waals surface area contributed by atoms with E-state index in [9.17, 15) is 17.2 Å². The van der Waals surface area contributed by atoms with Gasteiger partial charge in [0.25, 0.3) is 6.43 Å². The molecule has 0 bridgehead atoms. The second kappa shape index (κ2) is 8.05. The van der Waals surface area contributed by atoms with Gasteiger partial charge in [0.2, 0.25) is 10.0 Å². The van der Waals surface area contributed by atoms with E-state index in [1.54, 1.807) is 0 Å². The standard InChI is InChI=1S/C13H18F2N2O3S.ClH/c14-13(15)9-20-11-3-5-12(6-4-11)21(18,19)17-7-1-2-10(16)8-17;/h3-6,10,13H,1-2,7-9,16H2;1H. The smallest absolute Gasteiger partial charge is 0.272 e. The number of alkyl halides is 2. The van der Waals surface area contributed by atoms with Crippen LogP contribution in [0.15, 0.2) is 29.2 Å². The van der Waals surface area contributed by atoms with Crippen LogP contribution in [0.2, 0.25) is 0 Å². The van der Waals surface area contributed by atoms with Crippen molar-refractivity contribution in [3.63, 3.8) is 0 Å². The predicted molar refractivity (Wildman–Crippen MR) is 81.2 cm³/mol. The molecule has 0 aliphatic carbocycles. The fraction of sp³-hybridized carbons (Fsp3) is 0.538. The van der Waals surface area contributed by atoms with Gasteiger partial charge in [-0.1, -0.05) is 0 Å². The van der Waals surface area contributed by atoms with E-state index >= 15 is 0 Å². The lowest BCUT2D eigenvalue weighted by Gasteiger charge is -2.29. The Morgan fingerprint density at radius 3 is 2.50 bits per heavy atom. The SMILES string of the molecule is Cl.NC1CCCN(S(=O)(=O)c2ccc(OCC(F)F)cc2)C1. The lowest BCUT2D eigenvalue weighted by molar-refractivity contribution is 0.0819. The lowest BCUT2D eigenvalue weighted by Crippen LogP contribution is -2.45. The molecule has 2 N–H and O–H groups in total. The molecule has 0 aromatic heterocycles. The van der Waals surface area contributed by atoms with E-state index in [2.05, 4.69) is 0 Å². The number of piperidine rings is 1. The third-order valence-corrected chi connectivity index (χ3v) is 5.14. The van der Waals surface area contributed by atoms with Crippen LogP contribution >= 0.6 is 12.4 Å². The third-order valence-electron chi connectivity index (χ3n) is 3.26. The molecule has 1 unspecified atom stereocenters. The Labute approximate surface area is 134 Å². The predicted octanol–water partition coefficient (Wildman–Crippen LogP) is 1.86. The largest absolute Gasteiger partial charge is 0.488 e. The first-order chi connectivity index (χ1) is 9.89. The first-order valence-electron chi connectivity index (χ1n) is 6.66. The molecule has 0 saturated carbocycles. The molecule has 0 spiro atoms. The van der Waals surface area contributed by atoms with Crippen molar-refractivity contribution in [2.75, 3.05) is 19.7 Å². The molecular formula is C13H19ClF2N2O3S. The summed E-state index contributed by atoms with van der Waals surface area (Å²) in [7, 11) is -3.59. The Morgan fingerprint density at radius 2 is 1.95 bits per heavy atom. The van der Waals surface area contributed by atoms with Crippen molar-refractivity contribution in [2.24, 2.45) is 5.73 Å². The summed E-state index contributed by atoms with van der Waals surface area (Å²) in [5.41, 5.74) is 5.79. The Hall–Kier alpha value is -0.960. The molecule has 1 saturated heterocycles. The van der Waals surface area contributed by atoms with Crippen LogP contribution < -0.4 is 10.5 Å².